The quantitative estimate of drug-likeness (QED) is 0.834. The molecule has 0 atom stereocenters. The second-order valence-electron chi connectivity index (χ2n) is 7.30. The molecule has 2 aliphatic rings. The molecule has 0 unspecified atom stereocenters. The predicted molar refractivity (Wildman–Crippen MR) is 85.9 cm³/mol. The van der Waals surface area contributed by atoms with Crippen molar-refractivity contribution < 1.29 is 0 Å². The first kappa shape index (κ1) is 14.1. The van der Waals surface area contributed by atoms with Crippen LogP contribution in [0.4, 0.5) is 0 Å². The molecule has 0 aliphatic heterocycles. The van der Waals surface area contributed by atoms with E-state index in [1.807, 2.05) is 0 Å². The Labute approximate surface area is 124 Å². The van der Waals surface area contributed by atoms with E-state index in [0.717, 1.165) is 29.8 Å². The summed E-state index contributed by atoms with van der Waals surface area (Å²) in [5.41, 5.74) is 1.55. The third-order valence-corrected chi connectivity index (χ3v) is 5.59. The molecule has 1 N–H and O–H groups in total. The highest BCUT2D eigenvalue weighted by molar-refractivity contribution is 5.20. The number of benzene rings is 1. The molecule has 2 saturated carbocycles. The predicted octanol–water partition coefficient (Wildman–Crippen LogP) is 4.74. The van der Waals surface area contributed by atoms with Crippen LogP contribution in [0.5, 0.6) is 0 Å². The number of nitrogens with one attached hydrogen (secondary N) is 1. The average molecular weight is 271 g/mol. The fraction of sp³-hybridized carbons (Fsp3) is 0.684. The lowest BCUT2D eigenvalue weighted by Crippen LogP contribution is -2.48. The lowest BCUT2D eigenvalue weighted by atomic mass is 9.73. The maximum absolute atomic E-state index is 3.91. The summed E-state index contributed by atoms with van der Waals surface area (Å²) in [6.45, 7) is 4.73. The Bertz CT molecular complexity index is 397. The van der Waals surface area contributed by atoms with Gasteiger partial charge < -0.3 is 5.32 Å². The van der Waals surface area contributed by atoms with E-state index in [-0.39, 0.29) is 0 Å². The van der Waals surface area contributed by atoms with E-state index in [1.165, 1.54) is 38.5 Å². The van der Waals surface area contributed by atoms with Gasteiger partial charge in [0.2, 0.25) is 0 Å². The maximum atomic E-state index is 3.91. The molecule has 3 rings (SSSR count). The lowest BCUT2D eigenvalue weighted by Gasteiger charge is -2.42. The fourth-order valence-corrected chi connectivity index (χ4v) is 3.99. The molecule has 1 aromatic carbocycles. The van der Waals surface area contributed by atoms with Crippen molar-refractivity contribution >= 4 is 0 Å². The van der Waals surface area contributed by atoms with Crippen LogP contribution in [-0.4, -0.2) is 12.1 Å². The summed E-state index contributed by atoms with van der Waals surface area (Å²) in [4.78, 5) is 0. The monoisotopic (exact) mass is 271 g/mol. The molecule has 0 radical (unpaired) electrons. The SMILES string of the molecule is CC(C)C1CC(NC2CCC(c3ccccc3)CC2)C1. The zero-order valence-electron chi connectivity index (χ0n) is 13.0. The van der Waals surface area contributed by atoms with Crippen molar-refractivity contribution in [2.75, 3.05) is 0 Å². The minimum absolute atomic E-state index is 0.785. The van der Waals surface area contributed by atoms with Crippen molar-refractivity contribution in [3.05, 3.63) is 35.9 Å². The van der Waals surface area contributed by atoms with E-state index in [1.54, 1.807) is 5.56 Å². The smallest absolute Gasteiger partial charge is 0.00751 e. The molecule has 0 spiro atoms. The Hall–Kier alpha value is -0.820. The van der Waals surface area contributed by atoms with Gasteiger partial charge in [-0.3, -0.25) is 0 Å². The molecule has 0 bridgehead atoms. The topological polar surface area (TPSA) is 12.0 Å². The highest BCUT2D eigenvalue weighted by atomic mass is 15.0. The third-order valence-electron chi connectivity index (χ3n) is 5.59. The van der Waals surface area contributed by atoms with Gasteiger partial charge in [-0.1, -0.05) is 44.2 Å². The van der Waals surface area contributed by atoms with Gasteiger partial charge in [-0.05, 0) is 61.8 Å². The van der Waals surface area contributed by atoms with E-state index in [4.69, 9.17) is 0 Å². The normalized spacial score (nSPS) is 34.0. The van der Waals surface area contributed by atoms with E-state index < -0.39 is 0 Å². The fourth-order valence-electron chi connectivity index (χ4n) is 3.99. The van der Waals surface area contributed by atoms with Gasteiger partial charge in [-0.15, -0.1) is 0 Å². The van der Waals surface area contributed by atoms with Gasteiger partial charge in [0.1, 0.15) is 0 Å². The minimum Gasteiger partial charge on any atom is -0.311 e. The van der Waals surface area contributed by atoms with Crippen molar-refractivity contribution in [2.45, 2.75) is 70.4 Å². The van der Waals surface area contributed by atoms with Crippen molar-refractivity contribution in [3.8, 4) is 0 Å². The molecule has 0 heterocycles. The molecule has 1 nitrogen and oxygen atoms in total. The molecule has 0 saturated heterocycles. The van der Waals surface area contributed by atoms with Crippen LogP contribution >= 0.6 is 0 Å². The summed E-state index contributed by atoms with van der Waals surface area (Å²) in [7, 11) is 0. The van der Waals surface area contributed by atoms with Crippen LogP contribution in [0.1, 0.15) is 63.9 Å². The molecule has 110 valence electrons. The molecule has 1 heteroatoms. The van der Waals surface area contributed by atoms with Crippen LogP contribution in [0.15, 0.2) is 30.3 Å². The number of rotatable bonds is 4. The van der Waals surface area contributed by atoms with Crippen LogP contribution in [0, 0.1) is 11.8 Å². The van der Waals surface area contributed by atoms with Crippen molar-refractivity contribution in [2.24, 2.45) is 11.8 Å². The lowest BCUT2D eigenvalue weighted by molar-refractivity contribution is 0.147. The molecule has 0 amide bonds. The second kappa shape index (κ2) is 6.30. The van der Waals surface area contributed by atoms with Crippen molar-refractivity contribution in [1.29, 1.82) is 0 Å². The van der Waals surface area contributed by atoms with Gasteiger partial charge in [0, 0.05) is 12.1 Å². The van der Waals surface area contributed by atoms with E-state index in [0.29, 0.717) is 0 Å². The largest absolute Gasteiger partial charge is 0.311 e. The first-order chi connectivity index (χ1) is 9.72. The van der Waals surface area contributed by atoms with Crippen molar-refractivity contribution in [1.82, 2.24) is 5.32 Å². The van der Waals surface area contributed by atoms with Crippen LogP contribution in [0.3, 0.4) is 0 Å². The standard InChI is InChI=1S/C19H29N/c1-14(2)17-12-19(13-17)20-18-10-8-16(9-11-18)15-6-4-3-5-7-15/h3-7,14,16-20H,8-13H2,1-2H3. The molecule has 2 aliphatic carbocycles. The van der Waals surface area contributed by atoms with Crippen LogP contribution in [0.2, 0.25) is 0 Å². The van der Waals surface area contributed by atoms with E-state index >= 15 is 0 Å². The van der Waals surface area contributed by atoms with Crippen LogP contribution < -0.4 is 5.32 Å². The Morgan fingerprint density at radius 3 is 2.15 bits per heavy atom. The van der Waals surface area contributed by atoms with Gasteiger partial charge in [-0.25, -0.2) is 0 Å². The van der Waals surface area contributed by atoms with Crippen molar-refractivity contribution in [3.63, 3.8) is 0 Å². The van der Waals surface area contributed by atoms with Crippen LogP contribution in [-0.2, 0) is 0 Å². The summed E-state index contributed by atoms with van der Waals surface area (Å²) in [6, 6.07) is 12.7. The average Bonchev–Trinajstić information content (AvgIpc) is 2.43. The Kier molecular flexibility index (Phi) is 4.45. The first-order valence-corrected chi connectivity index (χ1v) is 8.53. The molecule has 1 aromatic rings. The highest BCUT2D eigenvalue weighted by Gasteiger charge is 2.33. The minimum atomic E-state index is 0.785. The Morgan fingerprint density at radius 2 is 1.55 bits per heavy atom. The molecule has 0 aromatic heterocycles. The molecular formula is C19H29N. The third kappa shape index (κ3) is 3.25. The molecular weight excluding hydrogens is 242 g/mol. The van der Waals surface area contributed by atoms with Crippen LogP contribution in [0.25, 0.3) is 0 Å². The zero-order valence-corrected chi connectivity index (χ0v) is 13.0. The van der Waals surface area contributed by atoms with E-state index in [2.05, 4.69) is 49.5 Å². The Morgan fingerprint density at radius 1 is 0.900 bits per heavy atom. The summed E-state index contributed by atoms with van der Waals surface area (Å²) in [5, 5.41) is 3.91. The summed E-state index contributed by atoms with van der Waals surface area (Å²) in [6.07, 6.45) is 8.28. The summed E-state index contributed by atoms with van der Waals surface area (Å²) in [5.74, 6) is 2.66. The number of hydrogen-bond donors (Lipinski definition) is 1. The van der Waals surface area contributed by atoms with Gasteiger partial charge in [0.05, 0.1) is 0 Å². The second-order valence-corrected chi connectivity index (χ2v) is 7.30. The van der Waals surface area contributed by atoms with E-state index in [9.17, 15) is 0 Å². The summed E-state index contributed by atoms with van der Waals surface area (Å²) < 4.78 is 0. The molecule has 2 fully saturated rings. The highest BCUT2D eigenvalue weighted by Crippen LogP contribution is 2.37. The maximum Gasteiger partial charge on any atom is 0.00751 e. The Balaban J connectivity index is 1.41. The van der Waals surface area contributed by atoms with Gasteiger partial charge >= 0.3 is 0 Å². The first-order valence-electron chi connectivity index (χ1n) is 8.53. The van der Waals surface area contributed by atoms with Gasteiger partial charge in [0.15, 0.2) is 0 Å². The van der Waals surface area contributed by atoms with Gasteiger partial charge in [-0.2, -0.15) is 0 Å². The zero-order chi connectivity index (χ0) is 13.9. The molecule has 20 heavy (non-hydrogen) atoms. The summed E-state index contributed by atoms with van der Waals surface area (Å²) >= 11 is 0. The number of hydrogen-bond acceptors (Lipinski definition) is 1. The van der Waals surface area contributed by atoms with Gasteiger partial charge in [0.25, 0.3) is 0 Å².